The molecule has 0 bridgehead atoms. The summed E-state index contributed by atoms with van der Waals surface area (Å²) in [7, 11) is 0. The van der Waals surface area contributed by atoms with Gasteiger partial charge in [0.2, 0.25) is 5.91 Å². The Bertz CT molecular complexity index is 778. The van der Waals surface area contributed by atoms with Crippen LogP contribution in [-0.2, 0) is 11.2 Å². The average molecular weight is 341 g/mol. The molecule has 1 aromatic heterocycles. The number of carbonyl (C=O) groups excluding carboxylic acids is 1. The number of non-ortho nitro benzene ring substituents is 1. The first-order valence-electron chi connectivity index (χ1n) is 7.97. The predicted octanol–water partition coefficient (Wildman–Crippen LogP) is 1.52. The molecule has 25 heavy (non-hydrogen) atoms. The van der Waals surface area contributed by atoms with E-state index in [-0.39, 0.29) is 30.2 Å². The van der Waals surface area contributed by atoms with Crippen LogP contribution in [0.2, 0.25) is 0 Å². The van der Waals surface area contributed by atoms with Gasteiger partial charge in [0.25, 0.3) is 5.69 Å². The normalized spacial score (nSPS) is 19.6. The summed E-state index contributed by atoms with van der Waals surface area (Å²) in [6, 6.07) is 10.1. The molecule has 2 unspecified atom stereocenters. The van der Waals surface area contributed by atoms with Crippen molar-refractivity contribution in [2.45, 2.75) is 32.0 Å². The van der Waals surface area contributed by atoms with E-state index in [1.807, 2.05) is 25.1 Å². The van der Waals surface area contributed by atoms with Gasteiger partial charge in [0.05, 0.1) is 17.5 Å². The smallest absolute Gasteiger partial charge is 0.269 e. The summed E-state index contributed by atoms with van der Waals surface area (Å²) >= 11 is 0. The molecule has 1 aliphatic heterocycles. The standard InChI is InChI=1S/C17H19N5O3/c1-11-5-6-12(10-18-11)7-17(23)19-16-9-15(20-21-16)13-3-2-4-14(8-13)22(24)25/h2-6,8,10,15-16,20-21H,7,9H2,1H3,(H,19,23). The number of benzene rings is 1. The summed E-state index contributed by atoms with van der Waals surface area (Å²) in [5.74, 6) is -0.107. The van der Waals surface area contributed by atoms with Crippen molar-refractivity contribution in [3.63, 3.8) is 0 Å². The Hall–Kier alpha value is -2.84. The van der Waals surface area contributed by atoms with Crippen LogP contribution < -0.4 is 16.2 Å². The molecular weight excluding hydrogens is 322 g/mol. The lowest BCUT2D eigenvalue weighted by molar-refractivity contribution is -0.384. The quantitative estimate of drug-likeness (QED) is 0.562. The summed E-state index contributed by atoms with van der Waals surface area (Å²) in [6.45, 7) is 1.89. The number of rotatable bonds is 5. The zero-order chi connectivity index (χ0) is 17.8. The van der Waals surface area contributed by atoms with E-state index >= 15 is 0 Å². The topological polar surface area (TPSA) is 109 Å². The second-order valence-corrected chi connectivity index (χ2v) is 6.03. The Morgan fingerprint density at radius 2 is 2.20 bits per heavy atom. The molecule has 3 rings (SSSR count). The monoisotopic (exact) mass is 341 g/mol. The molecular formula is C17H19N5O3. The first kappa shape index (κ1) is 17.0. The molecule has 2 atom stereocenters. The number of carbonyl (C=O) groups is 1. The highest BCUT2D eigenvalue weighted by atomic mass is 16.6. The highest BCUT2D eigenvalue weighted by Gasteiger charge is 2.27. The summed E-state index contributed by atoms with van der Waals surface area (Å²) in [5.41, 5.74) is 8.70. The number of aromatic nitrogens is 1. The van der Waals surface area contributed by atoms with E-state index in [9.17, 15) is 14.9 Å². The average Bonchev–Trinajstić information content (AvgIpc) is 3.05. The van der Waals surface area contributed by atoms with Crippen molar-refractivity contribution in [1.82, 2.24) is 21.2 Å². The first-order valence-corrected chi connectivity index (χ1v) is 7.97. The number of hydrazine groups is 1. The number of hydrogen-bond donors (Lipinski definition) is 3. The molecule has 0 saturated carbocycles. The maximum Gasteiger partial charge on any atom is 0.269 e. The van der Waals surface area contributed by atoms with Crippen LogP contribution in [0.15, 0.2) is 42.6 Å². The Balaban J connectivity index is 1.56. The maximum atomic E-state index is 12.1. The molecule has 1 amide bonds. The zero-order valence-corrected chi connectivity index (χ0v) is 13.7. The number of nitro benzene ring substituents is 1. The minimum absolute atomic E-state index is 0.0543. The van der Waals surface area contributed by atoms with E-state index in [2.05, 4.69) is 21.2 Å². The fourth-order valence-corrected chi connectivity index (χ4v) is 2.76. The number of nitrogens with one attached hydrogen (secondary N) is 3. The van der Waals surface area contributed by atoms with E-state index in [1.54, 1.807) is 18.3 Å². The Kier molecular flexibility index (Phi) is 5.01. The summed E-state index contributed by atoms with van der Waals surface area (Å²) in [6.07, 6.45) is 2.31. The van der Waals surface area contributed by atoms with Crippen LogP contribution in [0.4, 0.5) is 5.69 Å². The predicted molar refractivity (Wildman–Crippen MR) is 91.3 cm³/mol. The van der Waals surface area contributed by atoms with Gasteiger partial charge in [-0.3, -0.25) is 19.9 Å². The highest BCUT2D eigenvalue weighted by Crippen LogP contribution is 2.24. The lowest BCUT2D eigenvalue weighted by atomic mass is 10.0. The van der Waals surface area contributed by atoms with Crippen molar-refractivity contribution >= 4 is 11.6 Å². The number of pyridine rings is 1. The van der Waals surface area contributed by atoms with Gasteiger partial charge in [-0.05, 0) is 24.1 Å². The van der Waals surface area contributed by atoms with Gasteiger partial charge in [0.15, 0.2) is 0 Å². The van der Waals surface area contributed by atoms with Crippen LogP contribution in [0, 0.1) is 17.0 Å². The SMILES string of the molecule is Cc1ccc(CC(=O)NC2CC(c3cccc([N+](=O)[O-])c3)NN2)cn1. The summed E-state index contributed by atoms with van der Waals surface area (Å²) < 4.78 is 0. The lowest BCUT2D eigenvalue weighted by Crippen LogP contribution is -2.44. The van der Waals surface area contributed by atoms with Crippen LogP contribution in [0.3, 0.4) is 0 Å². The molecule has 0 radical (unpaired) electrons. The van der Waals surface area contributed by atoms with Crippen LogP contribution in [0.1, 0.15) is 29.3 Å². The summed E-state index contributed by atoms with van der Waals surface area (Å²) in [5, 5.41) is 13.8. The van der Waals surface area contributed by atoms with Crippen LogP contribution in [0.5, 0.6) is 0 Å². The molecule has 8 heteroatoms. The van der Waals surface area contributed by atoms with Crippen LogP contribution in [0.25, 0.3) is 0 Å². The minimum atomic E-state index is -0.416. The summed E-state index contributed by atoms with van der Waals surface area (Å²) in [4.78, 5) is 26.8. The van der Waals surface area contributed by atoms with E-state index in [0.29, 0.717) is 6.42 Å². The van der Waals surface area contributed by atoms with Crippen molar-refractivity contribution in [3.05, 3.63) is 69.5 Å². The first-order chi connectivity index (χ1) is 12.0. The van der Waals surface area contributed by atoms with Gasteiger partial charge < -0.3 is 5.32 Å². The highest BCUT2D eigenvalue weighted by molar-refractivity contribution is 5.78. The molecule has 0 aliphatic carbocycles. The van der Waals surface area contributed by atoms with Gasteiger partial charge in [-0.15, -0.1) is 0 Å². The molecule has 3 N–H and O–H groups in total. The van der Waals surface area contributed by atoms with Gasteiger partial charge in [0.1, 0.15) is 0 Å². The van der Waals surface area contributed by atoms with Crippen molar-refractivity contribution in [2.75, 3.05) is 0 Å². The second-order valence-electron chi connectivity index (χ2n) is 6.03. The van der Waals surface area contributed by atoms with Crippen molar-refractivity contribution in [1.29, 1.82) is 0 Å². The van der Waals surface area contributed by atoms with E-state index in [1.165, 1.54) is 6.07 Å². The Morgan fingerprint density at radius 3 is 2.92 bits per heavy atom. The molecule has 8 nitrogen and oxygen atoms in total. The molecule has 1 aliphatic rings. The number of aryl methyl sites for hydroxylation is 1. The van der Waals surface area contributed by atoms with E-state index in [0.717, 1.165) is 16.8 Å². The van der Waals surface area contributed by atoms with Gasteiger partial charge in [0, 0.05) is 36.5 Å². The fourth-order valence-electron chi connectivity index (χ4n) is 2.76. The third kappa shape index (κ3) is 4.37. The van der Waals surface area contributed by atoms with Gasteiger partial charge in [-0.25, -0.2) is 10.9 Å². The zero-order valence-electron chi connectivity index (χ0n) is 13.7. The van der Waals surface area contributed by atoms with E-state index in [4.69, 9.17) is 0 Å². The van der Waals surface area contributed by atoms with Gasteiger partial charge in [-0.1, -0.05) is 18.2 Å². The van der Waals surface area contributed by atoms with Crippen molar-refractivity contribution in [2.24, 2.45) is 0 Å². The maximum absolute atomic E-state index is 12.1. The minimum Gasteiger partial charge on any atom is -0.339 e. The number of hydrogen-bond acceptors (Lipinski definition) is 6. The van der Waals surface area contributed by atoms with Gasteiger partial charge >= 0.3 is 0 Å². The van der Waals surface area contributed by atoms with Gasteiger partial charge in [-0.2, -0.15) is 0 Å². The second kappa shape index (κ2) is 7.37. The largest absolute Gasteiger partial charge is 0.339 e. The molecule has 1 fully saturated rings. The Morgan fingerprint density at radius 1 is 1.36 bits per heavy atom. The molecule has 1 aromatic carbocycles. The molecule has 2 aromatic rings. The number of amides is 1. The van der Waals surface area contributed by atoms with Crippen molar-refractivity contribution < 1.29 is 9.72 Å². The lowest BCUT2D eigenvalue weighted by Gasteiger charge is -2.12. The van der Waals surface area contributed by atoms with E-state index < -0.39 is 4.92 Å². The third-order valence-electron chi connectivity index (χ3n) is 4.06. The molecule has 0 spiro atoms. The van der Waals surface area contributed by atoms with Crippen LogP contribution in [-0.4, -0.2) is 22.0 Å². The fraction of sp³-hybridized carbons (Fsp3) is 0.294. The third-order valence-corrected chi connectivity index (χ3v) is 4.06. The van der Waals surface area contributed by atoms with Crippen LogP contribution >= 0.6 is 0 Å². The van der Waals surface area contributed by atoms with Crippen molar-refractivity contribution in [3.8, 4) is 0 Å². The molecule has 2 heterocycles. The Labute approximate surface area is 144 Å². The number of nitrogens with zero attached hydrogens (tertiary/aromatic N) is 2. The number of nitro groups is 1. The molecule has 1 saturated heterocycles. The molecule has 130 valence electrons.